The molecule has 0 atom stereocenters. The van der Waals surface area contributed by atoms with Crippen molar-refractivity contribution in [1.82, 2.24) is 9.55 Å². The topological polar surface area (TPSA) is 76.0 Å². The van der Waals surface area contributed by atoms with Crippen LogP contribution in [0.15, 0.2) is 66.7 Å². The lowest BCUT2D eigenvalue weighted by Crippen LogP contribution is -2.18. The molecule has 2 amide bonds. The summed E-state index contributed by atoms with van der Waals surface area (Å²) in [4.78, 5) is 29.9. The smallest absolute Gasteiger partial charge is 0.291 e. The third-order valence-corrected chi connectivity index (χ3v) is 5.23. The minimum atomic E-state index is -0.333. The van der Waals surface area contributed by atoms with Crippen LogP contribution in [0.5, 0.6) is 0 Å². The van der Waals surface area contributed by atoms with Crippen LogP contribution in [0.1, 0.15) is 32.1 Å². The molecule has 2 N–H and O–H groups in total. The fourth-order valence-electron chi connectivity index (χ4n) is 3.35. The predicted octanol–water partition coefficient (Wildman–Crippen LogP) is 4.69. The Morgan fingerprint density at radius 3 is 2.43 bits per heavy atom. The van der Waals surface area contributed by atoms with Gasteiger partial charge in [-0.1, -0.05) is 30.3 Å². The molecule has 4 aromatic rings. The number of carbonyl (C=O) groups excluding carboxylic acids is 2. The molecule has 4 rings (SSSR count). The van der Waals surface area contributed by atoms with Gasteiger partial charge in [0.05, 0.1) is 11.0 Å². The quantitative estimate of drug-likeness (QED) is 0.523. The molecule has 3 aromatic carbocycles. The minimum Gasteiger partial charge on any atom is -0.323 e. The molecule has 30 heavy (non-hydrogen) atoms. The lowest BCUT2D eigenvalue weighted by atomic mass is 10.1. The van der Waals surface area contributed by atoms with Gasteiger partial charge in [0.25, 0.3) is 11.8 Å². The zero-order valence-corrected chi connectivity index (χ0v) is 17.1. The van der Waals surface area contributed by atoms with Gasteiger partial charge >= 0.3 is 0 Å². The molecule has 0 aliphatic carbocycles. The van der Waals surface area contributed by atoms with Crippen molar-refractivity contribution < 1.29 is 9.59 Å². The first kappa shape index (κ1) is 19.4. The molecule has 0 saturated carbocycles. The van der Waals surface area contributed by atoms with Crippen molar-refractivity contribution in [1.29, 1.82) is 0 Å². The highest BCUT2D eigenvalue weighted by Gasteiger charge is 2.16. The number of hydrogen-bond donors (Lipinski definition) is 2. The molecule has 6 nitrogen and oxygen atoms in total. The van der Waals surface area contributed by atoms with Crippen molar-refractivity contribution in [2.45, 2.75) is 13.8 Å². The number of carbonyl (C=O) groups is 2. The number of anilines is 2. The summed E-state index contributed by atoms with van der Waals surface area (Å²) < 4.78 is 1.75. The predicted molar refractivity (Wildman–Crippen MR) is 119 cm³/mol. The summed E-state index contributed by atoms with van der Waals surface area (Å²) in [5.41, 5.74) is 5.53. The third-order valence-electron chi connectivity index (χ3n) is 5.23. The minimum absolute atomic E-state index is 0.234. The van der Waals surface area contributed by atoms with E-state index in [4.69, 9.17) is 0 Å². The lowest BCUT2D eigenvalue weighted by Gasteiger charge is -2.11. The second-order valence-corrected chi connectivity index (χ2v) is 7.22. The number of nitrogens with zero attached hydrogens (tertiary/aromatic N) is 2. The number of nitrogens with one attached hydrogen (secondary N) is 2. The van der Waals surface area contributed by atoms with Gasteiger partial charge < -0.3 is 15.2 Å². The summed E-state index contributed by atoms with van der Waals surface area (Å²) in [6.45, 7) is 3.97. The standard InChI is InChI=1S/C24H22N4O2/c1-15-8-6-12-19(16(15)2)27-23(29)17-9-7-10-18(14-17)25-24(30)22-26-20-11-4-5-13-21(20)28(22)3/h4-14H,1-3H3,(H,25,30)(H,27,29). The van der Waals surface area contributed by atoms with E-state index in [2.05, 4.69) is 15.6 Å². The second-order valence-electron chi connectivity index (χ2n) is 7.22. The molecule has 0 fully saturated rings. The van der Waals surface area contributed by atoms with Crippen LogP contribution in [-0.4, -0.2) is 21.4 Å². The van der Waals surface area contributed by atoms with Crippen molar-refractivity contribution in [3.8, 4) is 0 Å². The molecule has 6 heteroatoms. The molecule has 0 bridgehead atoms. The first-order valence-electron chi connectivity index (χ1n) is 9.64. The monoisotopic (exact) mass is 398 g/mol. The maximum Gasteiger partial charge on any atom is 0.291 e. The number of fused-ring (bicyclic) bond motifs is 1. The molecule has 1 heterocycles. The highest BCUT2D eigenvalue weighted by atomic mass is 16.2. The zero-order valence-electron chi connectivity index (χ0n) is 17.1. The summed E-state index contributed by atoms with van der Waals surface area (Å²) in [6, 6.07) is 20.2. The van der Waals surface area contributed by atoms with Crippen LogP contribution in [0, 0.1) is 13.8 Å². The number of amides is 2. The van der Waals surface area contributed by atoms with Crippen LogP contribution in [0.4, 0.5) is 11.4 Å². The van der Waals surface area contributed by atoms with E-state index in [1.807, 2.05) is 56.3 Å². The van der Waals surface area contributed by atoms with E-state index < -0.39 is 0 Å². The van der Waals surface area contributed by atoms with Gasteiger partial charge in [-0.05, 0) is 61.4 Å². The van der Waals surface area contributed by atoms with Gasteiger partial charge in [0.2, 0.25) is 0 Å². The Morgan fingerprint density at radius 1 is 0.867 bits per heavy atom. The molecule has 0 radical (unpaired) electrons. The molecule has 0 aliphatic heterocycles. The van der Waals surface area contributed by atoms with Crippen LogP contribution in [0.25, 0.3) is 11.0 Å². The summed E-state index contributed by atoms with van der Waals surface area (Å²) >= 11 is 0. The number of benzene rings is 3. The highest BCUT2D eigenvalue weighted by Crippen LogP contribution is 2.20. The van der Waals surface area contributed by atoms with Gasteiger partial charge in [0, 0.05) is 24.0 Å². The Kier molecular flexibility index (Phi) is 5.06. The van der Waals surface area contributed by atoms with Crippen LogP contribution in [0.3, 0.4) is 0 Å². The van der Waals surface area contributed by atoms with Gasteiger partial charge in [-0.25, -0.2) is 4.98 Å². The van der Waals surface area contributed by atoms with E-state index in [-0.39, 0.29) is 11.8 Å². The number of aryl methyl sites for hydroxylation is 2. The lowest BCUT2D eigenvalue weighted by molar-refractivity contribution is 0.100. The van der Waals surface area contributed by atoms with Gasteiger partial charge in [0.1, 0.15) is 0 Å². The molecular formula is C24H22N4O2. The van der Waals surface area contributed by atoms with Crippen LogP contribution >= 0.6 is 0 Å². The fourth-order valence-corrected chi connectivity index (χ4v) is 3.35. The number of para-hydroxylation sites is 2. The van der Waals surface area contributed by atoms with E-state index in [0.29, 0.717) is 17.1 Å². The Bertz CT molecular complexity index is 1270. The van der Waals surface area contributed by atoms with Crippen LogP contribution < -0.4 is 10.6 Å². The van der Waals surface area contributed by atoms with E-state index in [1.165, 1.54) is 0 Å². The maximum absolute atomic E-state index is 12.8. The molecule has 0 saturated heterocycles. The van der Waals surface area contributed by atoms with Crippen molar-refractivity contribution in [2.24, 2.45) is 7.05 Å². The summed E-state index contributed by atoms with van der Waals surface area (Å²) in [7, 11) is 1.80. The Hall–Kier alpha value is -3.93. The van der Waals surface area contributed by atoms with E-state index in [1.54, 1.807) is 35.9 Å². The van der Waals surface area contributed by atoms with Crippen LogP contribution in [-0.2, 0) is 7.05 Å². The number of imidazole rings is 1. The second kappa shape index (κ2) is 7.83. The molecule has 0 aliphatic rings. The normalized spacial score (nSPS) is 10.8. The molecule has 150 valence electrons. The molecular weight excluding hydrogens is 376 g/mol. The van der Waals surface area contributed by atoms with Crippen molar-refractivity contribution >= 4 is 34.2 Å². The van der Waals surface area contributed by atoms with Crippen molar-refractivity contribution in [3.05, 3.63) is 89.2 Å². The van der Waals surface area contributed by atoms with Gasteiger partial charge in [-0.15, -0.1) is 0 Å². The first-order chi connectivity index (χ1) is 14.4. The van der Waals surface area contributed by atoms with E-state index in [9.17, 15) is 9.59 Å². The van der Waals surface area contributed by atoms with Crippen molar-refractivity contribution in [3.63, 3.8) is 0 Å². The summed E-state index contributed by atoms with van der Waals surface area (Å²) in [5, 5.41) is 5.78. The molecule has 1 aromatic heterocycles. The third kappa shape index (κ3) is 3.67. The van der Waals surface area contributed by atoms with E-state index >= 15 is 0 Å². The first-order valence-corrected chi connectivity index (χ1v) is 9.64. The zero-order chi connectivity index (χ0) is 21.3. The number of rotatable bonds is 4. The largest absolute Gasteiger partial charge is 0.323 e. The Morgan fingerprint density at radius 2 is 1.63 bits per heavy atom. The maximum atomic E-state index is 12.8. The van der Waals surface area contributed by atoms with Gasteiger partial charge in [-0.2, -0.15) is 0 Å². The van der Waals surface area contributed by atoms with Gasteiger partial charge in [-0.3, -0.25) is 9.59 Å². The van der Waals surface area contributed by atoms with Crippen LogP contribution in [0.2, 0.25) is 0 Å². The average molecular weight is 398 g/mol. The average Bonchev–Trinajstić information content (AvgIpc) is 3.08. The Balaban J connectivity index is 1.54. The molecule has 0 unspecified atom stereocenters. The SMILES string of the molecule is Cc1cccc(NC(=O)c2cccc(NC(=O)c3nc4ccccc4n3C)c2)c1C. The van der Waals surface area contributed by atoms with E-state index in [0.717, 1.165) is 27.8 Å². The highest BCUT2D eigenvalue weighted by molar-refractivity contribution is 6.07. The number of aromatic nitrogens is 2. The molecule has 0 spiro atoms. The van der Waals surface area contributed by atoms with Gasteiger partial charge in [0.15, 0.2) is 5.82 Å². The summed E-state index contributed by atoms with van der Waals surface area (Å²) in [6.07, 6.45) is 0. The number of hydrogen-bond acceptors (Lipinski definition) is 3. The van der Waals surface area contributed by atoms with Crippen molar-refractivity contribution in [2.75, 3.05) is 10.6 Å². The fraction of sp³-hybridized carbons (Fsp3) is 0.125. The Labute approximate surface area is 174 Å². The summed E-state index contributed by atoms with van der Waals surface area (Å²) in [5.74, 6) is -0.259.